The molecule has 1 saturated heterocycles. The smallest absolute Gasteiger partial charge is 0.280 e. The molecule has 3 rings (SSSR count). The molecule has 2 amide bonds. The van der Waals surface area contributed by atoms with Crippen molar-refractivity contribution in [2.24, 2.45) is 22.1 Å². The van der Waals surface area contributed by atoms with Gasteiger partial charge >= 0.3 is 0 Å². The number of nitrogens with two attached hydrogens (primary N) is 3. The largest absolute Gasteiger partial charge is 0.382 e. The summed E-state index contributed by atoms with van der Waals surface area (Å²) in [6.45, 7) is 5.88. The predicted octanol–water partition coefficient (Wildman–Crippen LogP) is 2.63. The van der Waals surface area contributed by atoms with Gasteiger partial charge in [-0.3, -0.25) is 19.9 Å². The maximum absolute atomic E-state index is 12.6. The lowest BCUT2D eigenvalue weighted by Crippen LogP contribution is -2.45. The van der Waals surface area contributed by atoms with Gasteiger partial charge in [0.25, 0.3) is 5.91 Å². The van der Waals surface area contributed by atoms with Crippen LogP contribution in [0, 0.1) is 11.3 Å². The summed E-state index contributed by atoms with van der Waals surface area (Å²) in [4.78, 5) is 39.3. The molecule has 7 N–H and O–H groups in total. The Morgan fingerprint density at radius 3 is 2.44 bits per heavy atom. The van der Waals surface area contributed by atoms with Crippen LogP contribution in [0.15, 0.2) is 35.3 Å². The third kappa shape index (κ3) is 7.30. The molecule has 0 radical (unpaired) electrons. The molecule has 0 bridgehead atoms. The Kier molecular flexibility index (Phi) is 9.08. The van der Waals surface area contributed by atoms with Gasteiger partial charge in [-0.2, -0.15) is 0 Å². The maximum atomic E-state index is 12.6. The first-order valence-corrected chi connectivity index (χ1v) is 12.5. The lowest BCUT2D eigenvalue weighted by molar-refractivity contribution is -0.134. The van der Waals surface area contributed by atoms with E-state index in [1.54, 1.807) is 0 Å². The van der Waals surface area contributed by atoms with E-state index in [2.05, 4.69) is 46.3 Å². The zero-order valence-electron chi connectivity index (χ0n) is 20.8. The van der Waals surface area contributed by atoms with Gasteiger partial charge < -0.3 is 22.1 Å². The predicted molar refractivity (Wildman–Crippen MR) is 142 cm³/mol. The molecule has 1 aromatic carbocycles. The highest BCUT2D eigenvalue weighted by Gasteiger charge is 2.35. The van der Waals surface area contributed by atoms with Crippen molar-refractivity contribution in [1.29, 1.82) is 0 Å². The van der Waals surface area contributed by atoms with E-state index in [4.69, 9.17) is 28.8 Å². The first kappa shape index (κ1) is 27.2. The Labute approximate surface area is 216 Å². The summed E-state index contributed by atoms with van der Waals surface area (Å²) < 4.78 is 0. The van der Waals surface area contributed by atoms with Gasteiger partial charge in [0, 0.05) is 26.1 Å². The second-order valence-corrected chi connectivity index (χ2v) is 10.1. The van der Waals surface area contributed by atoms with Crippen LogP contribution >= 0.6 is 11.6 Å². The molecule has 1 aliphatic heterocycles. The average Bonchev–Trinajstić information content (AvgIpc) is 2.84. The van der Waals surface area contributed by atoms with Crippen LogP contribution < -0.4 is 22.5 Å². The van der Waals surface area contributed by atoms with E-state index in [0.717, 1.165) is 25.7 Å². The van der Waals surface area contributed by atoms with Crippen molar-refractivity contribution in [2.75, 3.05) is 31.1 Å². The molecule has 2 aromatic rings. The average molecular weight is 515 g/mol. The second-order valence-electron chi connectivity index (χ2n) is 9.75. The first-order valence-electron chi connectivity index (χ1n) is 12.1. The third-order valence-corrected chi connectivity index (χ3v) is 6.77. The third-order valence-electron chi connectivity index (χ3n) is 6.49. The molecule has 0 spiro atoms. The van der Waals surface area contributed by atoms with E-state index < -0.39 is 5.91 Å². The number of likely N-dealkylation sites (tertiary alicyclic amines) is 1. The highest BCUT2D eigenvalue weighted by Crippen LogP contribution is 2.37. The van der Waals surface area contributed by atoms with Crippen LogP contribution in [0.2, 0.25) is 5.15 Å². The number of aliphatic imine (C=N–C) groups is 1. The van der Waals surface area contributed by atoms with Crippen LogP contribution in [0.25, 0.3) is 0 Å². The Bertz CT molecular complexity index is 1100. The van der Waals surface area contributed by atoms with Gasteiger partial charge in [-0.15, -0.1) is 0 Å². The van der Waals surface area contributed by atoms with E-state index in [1.807, 2.05) is 23.1 Å². The molecule has 0 saturated carbocycles. The Balaban J connectivity index is 1.70. The summed E-state index contributed by atoms with van der Waals surface area (Å²) in [7, 11) is 0. The molecule has 2 heterocycles. The van der Waals surface area contributed by atoms with Crippen molar-refractivity contribution in [3.8, 4) is 0 Å². The van der Waals surface area contributed by atoms with E-state index >= 15 is 0 Å². The van der Waals surface area contributed by atoms with Gasteiger partial charge in [-0.1, -0.05) is 55.8 Å². The lowest BCUT2D eigenvalue weighted by Gasteiger charge is -2.41. The molecule has 0 atom stereocenters. The normalized spacial score (nSPS) is 15.7. The molecule has 0 aliphatic carbocycles. The fourth-order valence-corrected chi connectivity index (χ4v) is 4.45. The van der Waals surface area contributed by atoms with Gasteiger partial charge in [-0.25, -0.2) is 9.97 Å². The Hall–Kier alpha value is -3.40. The summed E-state index contributed by atoms with van der Waals surface area (Å²) in [6.07, 6.45) is 3.94. The van der Waals surface area contributed by atoms with Crippen molar-refractivity contribution in [3.05, 3.63) is 46.7 Å². The van der Waals surface area contributed by atoms with Gasteiger partial charge in [0.05, 0.1) is 0 Å². The summed E-state index contributed by atoms with van der Waals surface area (Å²) >= 11 is 5.87. The molecule has 1 fully saturated rings. The number of piperidine rings is 1. The standard InChI is InChI=1S/C25H35ClN8O2/c1-16(2)14-18(35)34-12-10-25(11-13-34,9-8-17-6-4-3-5-7-17)15-30-24(29)33-23(36)19-21(27)32-22(28)20(26)31-19/h3-7,16H,8-15H2,1-2H3,(H4,27,28,32)(H3,29,30,33,36). The van der Waals surface area contributed by atoms with Crippen LogP contribution in [0.4, 0.5) is 11.6 Å². The number of nitrogen functional groups attached to an aromatic ring is 2. The van der Waals surface area contributed by atoms with E-state index in [9.17, 15) is 9.59 Å². The van der Waals surface area contributed by atoms with Crippen molar-refractivity contribution in [1.82, 2.24) is 20.2 Å². The number of carbonyl (C=O) groups is 2. The number of benzene rings is 1. The monoisotopic (exact) mass is 514 g/mol. The van der Waals surface area contributed by atoms with E-state index in [-0.39, 0.29) is 39.8 Å². The number of nitrogens with zero attached hydrogens (tertiary/aromatic N) is 4. The number of amides is 2. The number of carbonyl (C=O) groups excluding carboxylic acids is 2. The van der Waals surface area contributed by atoms with E-state index in [0.29, 0.717) is 32.0 Å². The van der Waals surface area contributed by atoms with Gasteiger partial charge in [0.1, 0.15) is 0 Å². The number of nitrogens with one attached hydrogen (secondary N) is 1. The molecule has 194 valence electrons. The number of guanidine groups is 1. The number of hydrogen-bond donors (Lipinski definition) is 4. The number of rotatable bonds is 8. The molecule has 11 heteroatoms. The molecular formula is C25H35ClN8O2. The Morgan fingerprint density at radius 1 is 1.14 bits per heavy atom. The van der Waals surface area contributed by atoms with Crippen LogP contribution in [0.1, 0.15) is 55.6 Å². The minimum Gasteiger partial charge on any atom is -0.382 e. The number of halogens is 1. The highest BCUT2D eigenvalue weighted by atomic mass is 35.5. The minimum absolute atomic E-state index is 0.0495. The van der Waals surface area contributed by atoms with E-state index in [1.165, 1.54) is 5.56 Å². The number of aromatic nitrogens is 2. The van der Waals surface area contributed by atoms with Crippen molar-refractivity contribution >= 4 is 41.0 Å². The molecule has 1 aromatic heterocycles. The fraction of sp³-hybridized carbons (Fsp3) is 0.480. The summed E-state index contributed by atoms with van der Waals surface area (Å²) in [6, 6.07) is 10.3. The SMILES string of the molecule is CC(C)CC(=O)N1CCC(CCc2ccccc2)(CN=C(N)NC(=O)c2nc(Cl)c(N)nc2N)CC1. The van der Waals surface area contributed by atoms with Crippen LogP contribution in [0.3, 0.4) is 0 Å². The molecule has 36 heavy (non-hydrogen) atoms. The van der Waals surface area contributed by atoms with Gasteiger partial charge in [0.15, 0.2) is 28.4 Å². The first-order chi connectivity index (χ1) is 17.1. The van der Waals surface area contributed by atoms with Gasteiger partial charge in [-0.05, 0) is 42.6 Å². The fourth-order valence-electron chi connectivity index (χ4n) is 4.33. The minimum atomic E-state index is -0.671. The van der Waals surface area contributed by atoms with Crippen LogP contribution in [0.5, 0.6) is 0 Å². The number of aryl methyl sites for hydroxylation is 1. The summed E-state index contributed by atoms with van der Waals surface area (Å²) in [5, 5.41) is 2.38. The van der Waals surface area contributed by atoms with Crippen LogP contribution in [-0.4, -0.2) is 52.3 Å². The van der Waals surface area contributed by atoms with Crippen LogP contribution in [-0.2, 0) is 11.2 Å². The molecule has 10 nitrogen and oxygen atoms in total. The number of anilines is 2. The Morgan fingerprint density at radius 2 is 1.81 bits per heavy atom. The van der Waals surface area contributed by atoms with Crippen molar-refractivity contribution in [2.45, 2.75) is 46.0 Å². The topological polar surface area (TPSA) is 166 Å². The lowest BCUT2D eigenvalue weighted by atomic mass is 9.74. The van der Waals surface area contributed by atoms with Gasteiger partial charge in [0.2, 0.25) is 5.91 Å². The molecular weight excluding hydrogens is 480 g/mol. The maximum Gasteiger partial charge on any atom is 0.280 e. The summed E-state index contributed by atoms with van der Waals surface area (Å²) in [5.41, 5.74) is 18.3. The molecule has 1 aliphatic rings. The number of hydrogen-bond acceptors (Lipinski definition) is 7. The highest BCUT2D eigenvalue weighted by molar-refractivity contribution is 6.31. The second kappa shape index (κ2) is 12.0. The van der Waals surface area contributed by atoms with Crippen molar-refractivity contribution < 1.29 is 9.59 Å². The molecule has 0 unspecified atom stereocenters. The zero-order valence-corrected chi connectivity index (χ0v) is 21.6. The van der Waals surface area contributed by atoms with Crippen molar-refractivity contribution in [3.63, 3.8) is 0 Å². The quantitative estimate of drug-likeness (QED) is 0.310. The zero-order chi connectivity index (χ0) is 26.3. The summed E-state index contributed by atoms with van der Waals surface area (Å²) in [5.74, 6) is -0.421.